The van der Waals surface area contributed by atoms with Crippen molar-refractivity contribution in [2.24, 2.45) is 0 Å². The molecule has 0 atom stereocenters. The summed E-state index contributed by atoms with van der Waals surface area (Å²) in [5, 5.41) is 13.8. The van der Waals surface area contributed by atoms with Crippen LogP contribution >= 0.6 is 0 Å². The molecule has 0 spiro atoms. The molecule has 0 aliphatic rings. The second-order valence-corrected chi connectivity index (χ2v) is 8.71. The van der Waals surface area contributed by atoms with E-state index in [4.69, 9.17) is 0 Å². The van der Waals surface area contributed by atoms with Crippen LogP contribution in [0.4, 0.5) is 11.4 Å². The van der Waals surface area contributed by atoms with E-state index < -0.39 is 20.9 Å². The molecule has 0 aliphatic heterocycles. The number of amides is 1. The van der Waals surface area contributed by atoms with Gasteiger partial charge in [0.1, 0.15) is 0 Å². The van der Waals surface area contributed by atoms with Crippen LogP contribution in [0.25, 0.3) is 0 Å². The summed E-state index contributed by atoms with van der Waals surface area (Å²) in [6, 6.07) is 10.4. The quantitative estimate of drug-likeness (QED) is 0.479. The maximum atomic E-state index is 12.6. The summed E-state index contributed by atoms with van der Waals surface area (Å²) in [7, 11) is -0.0575. The third-order valence-corrected chi connectivity index (χ3v) is 6.70. The van der Waals surface area contributed by atoms with Gasteiger partial charge in [0.25, 0.3) is 11.6 Å². The Balaban J connectivity index is 2.17. The first-order valence-corrected chi connectivity index (χ1v) is 10.9. The number of hydrogen-bond acceptors (Lipinski definition) is 6. The number of nitro benzene ring substituents is 1. The molecule has 0 aliphatic carbocycles. The Bertz CT molecular complexity index is 1020. The van der Waals surface area contributed by atoms with Crippen molar-refractivity contribution in [3.63, 3.8) is 0 Å². The molecule has 162 valence electrons. The van der Waals surface area contributed by atoms with Crippen molar-refractivity contribution < 1.29 is 18.1 Å². The van der Waals surface area contributed by atoms with Crippen LogP contribution in [0.15, 0.2) is 47.4 Å². The van der Waals surface area contributed by atoms with E-state index in [0.29, 0.717) is 24.3 Å². The summed E-state index contributed by atoms with van der Waals surface area (Å²) in [4.78, 5) is 25.0. The summed E-state index contributed by atoms with van der Waals surface area (Å²) < 4.78 is 26.5. The molecule has 2 rings (SSSR count). The molecule has 0 radical (unpaired) electrons. The smallest absolute Gasteiger partial charge is 0.270 e. The molecule has 10 heteroatoms. The highest BCUT2D eigenvalue weighted by atomic mass is 32.2. The number of anilines is 1. The van der Waals surface area contributed by atoms with Gasteiger partial charge in [0, 0.05) is 51.5 Å². The fraction of sp³-hybridized carbons (Fsp3) is 0.350. The molecule has 2 aromatic rings. The molecule has 0 heterocycles. The van der Waals surface area contributed by atoms with Gasteiger partial charge in [-0.15, -0.1) is 0 Å². The van der Waals surface area contributed by atoms with E-state index >= 15 is 0 Å². The van der Waals surface area contributed by atoms with E-state index in [1.165, 1.54) is 34.6 Å². The zero-order chi connectivity index (χ0) is 22.5. The van der Waals surface area contributed by atoms with Gasteiger partial charge in [0.05, 0.1) is 15.4 Å². The third kappa shape index (κ3) is 5.14. The molecule has 0 saturated heterocycles. The van der Waals surface area contributed by atoms with Gasteiger partial charge in [-0.1, -0.05) is 26.0 Å². The van der Waals surface area contributed by atoms with Crippen LogP contribution in [-0.4, -0.2) is 50.7 Å². The molecule has 9 nitrogen and oxygen atoms in total. The number of hydrogen-bond donors (Lipinski definition) is 1. The lowest BCUT2D eigenvalue weighted by atomic mass is 10.1. The highest BCUT2D eigenvalue weighted by Crippen LogP contribution is 2.24. The second kappa shape index (κ2) is 9.68. The molecule has 1 N–H and O–H groups in total. The minimum absolute atomic E-state index is 0.153. The highest BCUT2D eigenvalue weighted by molar-refractivity contribution is 7.89. The van der Waals surface area contributed by atoms with E-state index in [9.17, 15) is 23.3 Å². The largest absolute Gasteiger partial charge is 0.377 e. The predicted molar refractivity (Wildman–Crippen MR) is 115 cm³/mol. The molecular formula is C20H26N4O5S. The summed E-state index contributed by atoms with van der Waals surface area (Å²) in [5.41, 5.74) is 1.28. The van der Waals surface area contributed by atoms with Gasteiger partial charge in [-0.05, 0) is 23.8 Å². The Labute approximate surface area is 176 Å². The lowest BCUT2D eigenvalue weighted by Crippen LogP contribution is -2.30. The van der Waals surface area contributed by atoms with Crippen molar-refractivity contribution in [2.45, 2.75) is 25.3 Å². The minimum Gasteiger partial charge on any atom is -0.377 e. The van der Waals surface area contributed by atoms with Crippen molar-refractivity contribution >= 4 is 27.3 Å². The number of nitrogens with zero attached hydrogens (tertiary/aromatic N) is 3. The highest BCUT2D eigenvalue weighted by Gasteiger charge is 2.21. The van der Waals surface area contributed by atoms with Crippen LogP contribution in [0.3, 0.4) is 0 Å². The summed E-state index contributed by atoms with van der Waals surface area (Å²) in [6.45, 7) is 4.48. The van der Waals surface area contributed by atoms with Crippen LogP contribution < -0.4 is 10.2 Å². The third-order valence-electron chi connectivity index (χ3n) is 4.64. The Kier molecular flexibility index (Phi) is 7.52. The van der Waals surface area contributed by atoms with Crippen LogP contribution in [0, 0.1) is 10.1 Å². The molecule has 1 amide bonds. The van der Waals surface area contributed by atoms with Crippen LogP contribution in [-0.2, 0) is 16.6 Å². The predicted octanol–water partition coefficient (Wildman–Crippen LogP) is 2.62. The van der Waals surface area contributed by atoms with E-state index in [-0.39, 0.29) is 22.7 Å². The lowest BCUT2D eigenvalue weighted by Gasteiger charge is -2.18. The van der Waals surface area contributed by atoms with Crippen LogP contribution in [0.5, 0.6) is 0 Å². The van der Waals surface area contributed by atoms with E-state index in [0.717, 1.165) is 0 Å². The summed E-state index contributed by atoms with van der Waals surface area (Å²) in [6.07, 6.45) is 0. The number of benzene rings is 2. The molecule has 0 bridgehead atoms. The van der Waals surface area contributed by atoms with Gasteiger partial charge in [0.2, 0.25) is 10.0 Å². The number of sulfonamides is 1. The standard InChI is InChI=1S/C20H26N4O5S/c1-5-23(6-2)30(28,29)17-10-7-15(8-11-17)14-21-20(25)18-13-16(24(26)27)9-12-19(18)22(3)4/h7-13H,5-6,14H2,1-4H3,(H,21,25). The van der Waals surface area contributed by atoms with Crippen molar-refractivity contribution in [1.82, 2.24) is 9.62 Å². The number of non-ortho nitro benzene ring substituents is 1. The van der Waals surface area contributed by atoms with Gasteiger partial charge < -0.3 is 10.2 Å². The number of nitro groups is 1. The molecular weight excluding hydrogens is 408 g/mol. The van der Waals surface area contributed by atoms with Gasteiger partial charge in [0.15, 0.2) is 0 Å². The fourth-order valence-corrected chi connectivity index (χ4v) is 4.44. The molecule has 0 unspecified atom stereocenters. The SMILES string of the molecule is CCN(CC)S(=O)(=O)c1ccc(CNC(=O)c2cc([N+](=O)[O-])ccc2N(C)C)cc1. The maximum Gasteiger partial charge on any atom is 0.270 e. The van der Waals surface area contributed by atoms with Crippen LogP contribution in [0.2, 0.25) is 0 Å². The fourth-order valence-electron chi connectivity index (χ4n) is 2.98. The monoisotopic (exact) mass is 434 g/mol. The number of nitrogens with one attached hydrogen (secondary N) is 1. The number of carbonyl (C=O) groups is 1. The lowest BCUT2D eigenvalue weighted by molar-refractivity contribution is -0.384. The normalized spacial score (nSPS) is 11.4. The van der Waals surface area contributed by atoms with Crippen molar-refractivity contribution in [1.29, 1.82) is 0 Å². The average molecular weight is 435 g/mol. The van der Waals surface area contributed by atoms with Gasteiger partial charge in [-0.25, -0.2) is 8.42 Å². The van der Waals surface area contributed by atoms with E-state index in [2.05, 4.69) is 5.32 Å². The van der Waals surface area contributed by atoms with Crippen molar-refractivity contribution in [2.75, 3.05) is 32.1 Å². The van der Waals surface area contributed by atoms with Gasteiger partial charge in [-0.2, -0.15) is 4.31 Å². The Hall–Kier alpha value is -2.98. The minimum atomic E-state index is -3.54. The molecule has 30 heavy (non-hydrogen) atoms. The molecule has 0 aromatic heterocycles. The average Bonchev–Trinajstić information content (AvgIpc) is 2.72. The van der Waals surface area contributed by atoms with E-state index in [1.807, 2.05) is 0 Å². The first-order valence-electron chi connectivity index (χ1n) is 9.44. The number of carbonyl (C=O) groups excluding carboxylic acids is 1. The summed E-state index contributed by atoms with van der Waals surface area (Å²) >= 11 is 0. The van der Waals surface area contributed by atoms with Gasteiger partial charge >= 0.3 is 0 Å². The zero-order valence-electron chi connectivity index (χ0n) is 17.5. The van der Waals surface area contributed by atoms with Crippen LogP contribution in [0.1, 0.15) is 29.8 Å². The summed E-state index contributed by atoms with van der Waals surface area (Å²) in [5.74, 6) is -0.456. The topological polar surface area (TPSA) is 113 Å². The number of rotatable bonds is 9. The second-order valence-electron chi connectivity index (χ2n) is 6.77. The maximum absolute atomic E-state index is 12.6. The van der Waals surface area contributed by atoms with Crippen molar-refractivity contribution in [3.05, 3.63) is 63.7 Å². The molecule has 2 aromatic carbocycles. The van der Waals surface area contributed by atoms with Gasteiger partial charge in [-0.3, -0.25) is 14.9 Å². The van der Waals surface area contributed by atoms with Crippen molar-refractivity contribution in [3.8, 4) is 0 Å². The first-order chi connectivity index (χ1) is 14.1. The molecule has 0 saturated carbocycles. The Morgan fingerprint density at radius 2 is 1.67 bits per heavy atom. The first kappa shape index (κ1) is 23.3. The molecule has 0 fully saturated rings. The Morgan fingerprint density at radius 1 is 1.07 bits per heavy atom. The van der Waals surface area contributed by atoms with E-state index in [1.54, 1.807) is 45.0 Å². The zero-order valence-corrected chi connectivity index (χ0v) is 18.3. The Morgan fingerprint density at radius 3 is 2.17 bits per heavy atom.